The first-order valence-electron chi connectivity index (χ1n) is 7.27. The van der Waals surface area contributed by atoms with Gasteiger partial charge >= 0.3 is 0 Å². The van der Waals surface area contributed by atoms with E-state index in [9.17, 15) is 4.79 Å². The molecule has 2 aromatic heterocycles. The van der Waals surface area contributed by atoms with Gasteiger partial charge in [-0.2, -0.15) is 0 Å². The third-order valence-corrected chi connectivity index (χ3v) is 4.92. The standard InChI is InChI=1S/C15H19N3O2S.2ClH/c16-7-10-3-1-2-4-12(10)17-14(19)13-9-21-15(18-13)11-5-6-20-8-11;;/h5-6,8-10,12H,1-4,7,16H2,(H,17,19);2*1H. The summed E-state index contributed by atoms with van der Waals surface area (Å²) in [6.07, 6.45) is 7.69. The fraction of sp³-hybridized carbons (Fsp3) is 0.467. The van der Waals surface area contributed by atoms with Crippen molar-refractivity contribution in [3.05, 3.63) is 29.7 Å². The first-order valence-corrected chi connectivity index (χ1v) is 8.15. The molecule has 1 saturated carbocycles. The molecule has 1 aliphatic carbocycles. The topological polar surface area (TPSA) is 81.1 Å². The van der Waals surface area contributed by atoms with Crippen LogP contribution in [-0.4, -0.2) is 23.5 Å². The molecule has 128 valence electrons. The number of nitrogens with one attached hydrogen (secondary N) is 1. The predicted octanol–water partition coefficient (Wildman–Crippen LogP) is 3.49. The number of rotatable bonds is 4. The summed E-state index contributed by atoms with van der Waals surface area (Å²) < 4.78 is 5.04. The Labute approximate surface area is 151 Å². The maximum Gasteiger partial charge on any atom is 0.271 e. The molecule has 0 spiro atoms. The Morgan fingerprint density at radius 1 is 1.39 bits per heavy atom. The monoisotopic (exact) mass is 377 g/mol. The quantitative estimate of drug-likeness (QED) is 0.853. The first-order chi connectivity index (χ1) is 10.3. The maximum atomic E-state index is 12.3. The van der Waals surface area contributed by atoms with E-state index in [4.69, 9.17) is 10.2 Å². The van der Waals surface area contributed by atoms with Crippen molar-refractivity contribution in [3.63, 3.8) is 0 Å². The van der Waals surface area contributed by atoms with Crippen LogP contribution in [0.25, 0.3) is 10.6 Å². The summed E-state index contributed by atoms with van der Waals surface area (Å²) in [5.41, 5.74) is 7.17. The van der Waals surface area contributed by atoms with Gasteiger partial charge in [-0.3, -0.25) is 4.79 Å². The minimum Gasteiger partial charge on any atom is -0.472 e. The number of thiazole rings is 1. The Hall–Kier alpha value is -1.08. The van der Waals surface area contributed by atoms with E-state index in [1.54, 1.807) is 17.9 Å². The summed E-state index contributed by atoms with van der Waals surface area (Å²) in [6, 6.07) is 2.02. The van der Waals surface area contributed by atoms with Crippen LogP contribution in [0.1, 0.15) is 36.2 Å². The van der Waals surface area contributed by atoms with Gasteiger partial charge in [0.2, 0.25) is 0 Å². The third kappa shape index (κ3) is 4.70. The molecule has 0 saturated heterocycles. The molecule has 8 heteroatoms. The molecule has 1 aliphatic rings. The van der Waals surface area contributed by atoms with Gasteiger partial charge in [0.1, 0.15) is 17.0 Å². The first kappa shape index (κ1) is 20.0. The zero-order chi connectivity index (χ0) is 14.7. The maximum absolute atomic E-state index is 12.3. The van der Waals surface area contributed by atoms with Gasteiger partial charge in [-0.05, 0) is 31.4 Å². The Morgan fingerprint density at radius 3 is 2.87 bits per heavy atom. The number of amides is 1. The summed E-state index contributed by atoms with van der Waals surface area (Å²) in [4.78, 5) is 16.7. The number of carbonyl (C=O) groups excluding carboxylic acids is 1. The minimum atomic E-state index is -0.105. The second-order valence-electron chi connectivity index (χ2n) is 5.41. The molecule has 1 amide bonds. The average molecular weight is 378 g/mol. The van der Waals surface area contributed by atoms with E-state index in [2.05, 4.69) is 10.3 Å². The number of hydrogen-bond acceptors (Lipinski definition) is 5. The van der Waals surface area contributed by atoms with E-state index < -0.39 is 0 Å². The van der Waals surface area contributed by atoms with Gasteiger partial charge < -0.3 is 15.5 Å². The van der Waals surface area contributed by atoms with E-state index in [-0.39, 0.29) is 36.8 Å². The van der Waals surface area contributed by atoms with Crippen LogP contribution in [0, 0.1) is 5.92 Å². The molecule has 2 atom stereocenters. The lowest BCUT2D eigenvalue weighted by atomic mass is 9.84. The zero-order valence-electron chi connectivity index (χ0n) is 12.6. The highest BCUT2D eigenvalue weighted by molar-refractivity contribution is 7.13. The van der Waals surface area contributed by atoms with Crippen molar-refractivity contribution in [1.29, 1.82) is 0 Å². The molecule has 3 N–H and O–H groups in total. The Bertz CT molecular complexity index is 604. The summed E-state index contributed by atoms with van der Waals surface area (Å²) in [7, 11) is 0. The van der Waals surface area contributed by atoms with Gasteiger partial charge in [0.25, 0.3) is 5.91 Å². The number of furan rings is 1. The molecule has 1 fully saturated rings. The van der Waals surface area contributed by atoms with Crippen LogP contribution >= 0.6 is 36.2 Å². The van der Waals surface area contributed by atoms with Crippen molar-refractivity contribution >= 4 is 42.1 Å². The molecule has 3 rings (SSSR count). The number of nitrogens with zero attached hydrogens (tertiary/aromatic N) is 1. The third-order valence-electron chi connectivity index (χ3n) is 4.03. The van der Waals surface area contributed by atoms with Gasteiger partial charge in [0.05, 0.1) is 6.26 Å². The van der Waals surface area contributed by atoms with Gasteiger partial charge in [-0.1, -0.05) is 12.8 Å². The van der Waals surface area contributed by atoms with E-state index in [1.807, 2.05) is 6.07 Å². The van der Waals surface area contributed by atoms with E-state index >= 15 is 0 Å². The van der Waals surface area contributed by atoms with Gasteiger partial charge in [0, 0.05) is 17.0 Å². The van der Waals surface area contributed by atoms with Crippen LogP contribution < -0.4 is 11.1 Å². The van der Waals surface area contributed by atoms with Gasteiger partial charge in [-0.25, -0.2) is 4.98 Å². The second kappa shape index (κ2) is 9.27. The normalized spacial score (nSPS) is 20.2. The van der Waals surface area contributed by atoms with Gasteiger partial charge in [-0.15, -0.1) is 36.2 Å². The molecular formula is C15H21Cl2N3O2S. The summed E-state index contributed by atoms with van der Waals surface area (Å²) in [5, 5.41) is 5.69. The molecule has 2 unspecified atom stereocenters. The van der Waals surface area contributed by atoms with Crippen LogP contribution in [0.3, 0.4) is 0 Å². The van der Waals surface area contributed by atoms with Gasteiger partial charge in [0.15, 0.2) is 0 Å². The Kier molecular flexibility index (Phi) is 8.05. The Balaban J connectivity index is 0.00000132. The highest BCUT2D eigenvalue weighted by atomic mass is 35.5. The number of aromatic nitrogens is 1. The van der Waals surface area contributed by atoms with Crippen LogP contribution in [0.4, 0.5) is 0 Å². The second-order valence-corrected chi connectivity index (χ2v) is 6.27. The fourth-order valence-electron chi connectivity index (χ4n) is 2.82. The summed E-state index contributed by atoms with van der Waals surface area (Å²) in [6.45, 7) is 0.627. The molecule has 5 nitrogen and oxygen atoms in total. The molecule has 0 radical (unpaired) electrons. The number of carbonyl (C=O) groups is 1. The minimum absolute atomic E-state index is 0. The number of halogens is 2. The van der Waals surface area contributed by atoms with E-state index in [1.165, 1.54) is 17.8 Å². The van der Waals surface area contributed by atoms with Crippen molar-refractivity contribution in [1.82, 2.24) is 10.3 Å². The van der Waals surface area contributed by atoms with Crippen LogP contribution in [0.2, 0.25) is 0 Å². The fourth-order valence-corrected chi connectivity index (χ4v) is 3.61. The van der Waals surface area contributed by atoms with Crippen molar-refractivity contribution in [3.8, 4) is 10.6 Å². The van der Waals surface area contributed by atoms with Crippen LogP contribution in [0.15, 0.2) is 28.4 Å². The average Bonchev–Trinajstić information content (AvgIpc) is 3.18. The molecule has 0 bridgehead atoms. The predicted molar refractivity (Wildman–Crippen MR) is 96.6 cm³/mol. The SMILES string of the molecule is Cl.Cl.NCC1CCCCC1NC(=O)c1csc(-c2ccoc2)n1. The van der Waals surface area contributed by atoms with Crippen LogP contribution in [0.5, 0.6) is 0 Å². The molecular weight excluding hydrogens is 357 g/mol. The molecule has 2 heterocycles. The number of nitrogens with two attached hydrogens (primary N) is 1. The lowest BCUT2D eigenvalue weighted by Crippen LogP contribution is -2.44. The van der Waals surface area contributed by atoms with Crippen molar-refractivity contribution in [2.75, 3.05) is 6.54 Å². The molecule has 0 aromatic carbocycles. The largest absolute Gasteiger partial charge is 0.472 e. The molecule has 2 aromatic rings. The summed E-state index contributed by atoms with van der Waals surface area (Å²) in [5.74, 6) is 0.279. The van der Waals surface area contributed by atoms with Crippen LogP contribution in [-0.2, 0) is 0 Å². The zero-order valence-corrected chi connectivity index (χ0v) is 15.0. The highest BCUT2D eigenvalue weighted by Crippen LogP contribution is 2.26. The molecule has 23 heavy (non-hydrogen) atoms. The van der Waals surface area contributed by atoms with Crippen molar-refractivity contribution in [2.24, 2.45) is 11.7 Å². The smallest absolute Gasteiger partial charge is 0.271 e. The highest BCUT2D eigenvalue weighted by Gasteiger charge is 2.26. The molecule has 0 aliphatic heterocycles. The van der Waals surface area contributed by atoms with Crippen molar-refractivity contribution < 1.29 is 9.21 Å². The van der Waals surface area contributed by atoms with E-state index in [0.29, 0.717) is 18.2 Å². The lowest BCUT2D eigenvalue weighted by molar-refractivity contribution is 0.0903. The number of hydrogen-bond donors (Lipinski definition) is 2. The Morgan fingerprint density at radius 2 is 2.17 bits per heavy atom. The van der Waals surface area contributed by atoms with E-state index in [0.717, 1.165) is 29.8 Å². The van der Waals surface area contributed by atoms with Crippen molar-refractivity contribution in [2.45, 2.75) is 31.7 Å². The summed E-state index contributed by atoms with van der Waals surface area (Å²) >= 11 is 1.45. The lowest BCUT2D eigenvalue weighted by Gasteiger charge is -2.31.